The molecule has 2 aromatic heterocycles. The van der Waals surface area contributed by atoms with E-state index in [4.69, 9.17) is 17.8 Å². The summed E-state index contributed by atoms with van der Waals surface area (Å²) in [7, 11) is 1.71. The van der Waals surface area contributed by atoms with Gasteiger partial charge in [0.15, 0.2) is 11.4 Å². The summed E-state index contributed by atoms with van der Waals surface area (Å²) < 4.78 is 49.2. The van der Waals surface area contributed by atoms with Gasteiger partial charge in [-0.25, -0.2) is 4.85 Å². The van der Waals surface area contributed by atoms with Crippen molar-refractivity contribution in [2.24, 2.45) is 7.05 Å². The van der Waals surface area contributed by atoms with E-state index < -0.39 is 6.85 Å². The number of rotatable bonds is 2. The molecule has 31 heavy (non-hydrogen) atoms. The van der Waals surface area contributed by atoms with Gasteiger partial charge in [0.25, 0.3) is 0 Å². The first kappa shape index (κ1) is 14.2. The predicted molar refractivity (Wildman–Crippen MR) is 126 cm³/mol. The van der Waals surface area contributed by atoms with Crippen molar-refractivity contribution in [2.45, 2.75) is 20.7 Å². The van der Waals surface area contributed by atoms with E-state index in [1.807, 2.05) is 55.5 Å². The molecule has 2 heterocycles. The molecule has 0 aliphatic carbocycles. The zero-order chi connectivity index (χ0) is 25.9. The Morgan fingerprint density at radius 1 is 0.968 bits per heavy atom. The highest BCUT2D eigenvalue weighted by atomic mass is 16.3. The fraction of sp³-hybridized carbons (Fsp3) is 0.143. The summed E-state index contributed by atoms with van der Waals surface area (Å²) in [5.74, 6) is 0. The Balaban J connectivity index is 1.93. The van der Waals surface area contributed by atoms with Crippen LogP contribution in [0.2, 0.25) is 0 Å². The lowest BCUT2D eigenvalue weighted by atomic mass is 9.98. The maximum atomic E-state index is 8.80. The molecule has 5 aromatic rings. The number of aromatic nitrogens is 1. The summed E-state index contributed by atoms with van der Waals surface area (Å²) in [6.07, 6.45) is 0. The van der Waals surface area contributed by atoms with Crippen LogP contribution in [0.5, 0.6) is 0 Å². The molecular weight excluding hydrogens is 380 g/mol. The molecule has 0 atom stereocenters. The molecule has 0 spiro atoms. The van der Waals surface area contributed by atoms with Crippen molar-refractivity contribution in [3.8, 4) is 22.4 Å². The quantitative estimate of drug-likeness (QED) is 0.223. The minimum Gasteiger partial charge on any atom is -0.455 e. The average molecular weight is 409 g/mol. The van der Waals surface area contributed by atoms with E-state index in [0.717, 1.165) is 27.5 Å². The first-order chi connectivity index (χ1) is 17.0. The standard InChI is InChI=1S/C28H23N2O/c1-17-12-14-25(30(5)19(17)3)26-18(2)11-13-22-24-16-21(29-4)15-23(27(24)31-28(22)26)20-9-7-6-8-10-20/h6-16H,1-3,5H3/q+1/i1D3,12D,14D. The van der Waals surface area contributed by atoms with Crippen molar-refractivity contribution in [2.75, 3.05) is 0 Å². The van der Waals surface area contributed by atoms with Gasteiger partial charge in [0.2, 0.25) is 5.69 Å². The minimum atomic E-state index is -2.51. The molecule has 0 amide bonds. The fourth-order valence-corrected chi connectivity index (χ4v) is 4.08. The molecule has 0 N–H and O–H groups in total. The van der Waals surface area contributed by atoms with Crippen LogP contribution in [-0.2, 0) is 7.05 Å². The Kier molecular flexibility index (Phi) is 3.25. The Bertz CT molecular complexity index is 1700. The maximum Gasteiger partial charge on any atom is 0.216 e. The van der Waals surface area contributed by atoms with Crippen molar-refractivity contribution >= 4 is 27.6 Å². The molecule has 0 unspecified atom stereocenters. The van der Waals surface area contributed by atoms with Crippen LogP contribution in [0.1, 0.15) is 23.7 Å². The molecule has 3 nitrogen and oxygen atoms in total. The molecule has 0 aliphatic rings. The lowest BCUT2D eigenvalue weighted by Gasteiger charge is -2.08. The number of furan rings is 1. The highest BCUT2D eigenvalue weighted by Gasteiger charge is 2.23. The van der Waals surface area contributed by atoms with Gasteiger partial charge >= 0.3 is 0 Å². The summed E-state index contributed by atoms with van der Waals surface area (Å²) >= 11 is 0. The summed E-state index contributed by atoms with van der Waals surface area (Å²) in [6.45, 7) is 8.68. The van der Waals surface area contributed by atoms with Gasteiger partial charge in [0.05, 0.1) is 14.9 Å². The van der Waals surface area contributed by atoms with Gasteiger partial charge in [-0.3, -0.25) is 0 Å². The molecule has 150 valence electrons. The third-order valence-corrected chi connectivity index (χ3v) is 5.89. The van der Waals surface area contributed by atoms with E-state index in [0.29, 0.717) is 33.8 Å². The highest BCUT2D eigenvalue weighted by Crippen LogP contribution is 2.42. The van der Waals surface area contributed by atoms with Crippen LogP contribution in [0.25, 0.3) is 49.2 Å². The number of benzene rings is 3. The smallest absolute Gasteiger partial charge is 0.216 e. The average Bonchev–Trinajstić information content (AvgIpc) is 3.21. The van der Waals surface area contributed by atoms with Gasteiger partial charge in [-0.15, -0.1) is 0 Å². The first-order valence-corrected chi connectivity index (χ1v) is 9.98. The van der Waals surface area contributed by atoms with E-state index in [9.17, 15) is 0 Å². The molecule has 0 radical (unpaired) electrons. The highest BCUT2D eigenvalue weighted by molar-refractivity contribution is 6.14. The molecule has 0 bridgehead atoms. The van der Waals surface area contributed by atoms with Crippen molar-refractivity contribution in [3.63, 3.8) is 0 Å². The zero-order valence-electron chi connectivity index (χ0n) is 22.5. The third-order valence-electron chi connectivity index (χ3n) is 5.89. The van der Waals surface area contributed by atoms with E-state index in [1.165, 1.54) is 0 Å². The first-order valence-electron chi connectivity index (χ1n) is 12.5. The summed E-state index contributed by atoms with van der Waals surface area (Å²) in [6, 6.07) is 16.7. The summed E-state index contributed by atoms with van der Waals surface area (Å²) in [5, 5.41) is 1.58. The van der Waals surface area contributed by atoms with E-state index >= 15 is 0 Å². The number of hydrogen-bond acceptors (Lipinski definition) is 1. The maximum absolute atomic E-state index is 8.80. The molecular formula is C28H23N2O+. The van der Waals surface area contributed by atoms with Gasteiger partial charge in [0.1, 0.15) is 18.2 Å². The molecule has 0 fully saturated rings. The topological polar surface area (TPSA) is 21.4 Å². The van der Waals surface area contributed by atoms with Crippen LogP contribution < -0.4 is 4.57 Å². The number of hydrogen-bond donors (Lipinski definition) is 0. The number of fused-ring (bicyclic) bond motifs is 3. The Hall–Kier alpha value is -3.90. The van der Waals surface area contributed by atoms with Crippen molar-refractivity contribution < 1.29 is 15.8 Å². The van der Waals surface area contributed by atoms with E-state index in [2.05, 4.69) is 4.85 Å². The summed E-state index contributed by atoms with van der Waals surface area (Å²) in [5.41, 5.74) is 5.53. The second kappa shape index (κ2) is 7.11. The van der Waals surface area contributed by atoms with Crippen LogP contribution in [0.15, 0.2) is 71.1 Å². The van der Waals surface area contributed by atoms with Crippen molar-refractivity contribution in [1.82, 2.24) is 0 Å². The van der Waals surface area contributed by atoms with Crippen molar-refractivity contribution in [1.29, 1.82) is 0 Å². The molecule has 5 rings (SSSR count). The third kappa shape index (κ3) is 2.92. The van der Waals surface area contributed by atoms with Gasteiger partial charge in [-0.05, 0) is 43.1 Å². The zero-order valence-corrected chi connectivity index (χ0v) is 17.5. The second-order valence-electron chi connectivity index (χ2n) is 7.70. The monoisotopic (exact) mass is 408 g/mol. The van der Waals surface area contributed by atoms with Gasteiger partial charge in [-0.2, -0.15) is 4.57 Å². The van der Waals surface area contributed by atoms with Gasteiger partial charge < -0.3 is 4.42 Å². The lowest BCUT2D eigenvalue weighted by molar-refractivity contribution is -0.667. The van der Waals surface area contributed by atoms with Gasteiger partial charge in [-0.1, -0.05) is 42.5 Å². The van der Waals surface area contributed by atoms with Gasteiger partial charge in [0, 0.05) is 39.0 Å². The fourth-order valence-electron chi connectivity index (χ4n) is 4.08. The van der Waals surface area contributed by atoms with E-state index in [-0.39, 0.29) is 17.6 Å². The molecule has 3 heteroatoms. The Labute approximate surface area is 189 Å². The molecule has 0 saturated heterocycles. The number of nitrogens with zero attached hydrogens (tertiary/aromatic N) is 2. The molecule has 0 saturated carbocycles. The molecule has 3 aromatic carbocycles. The minimum absolute atomic E-state index is 0.124. The van der Waals surface area contributed by atoms with Crippen LogP contribution in [0.3, 0.4) is 0 Å². The van der Waals surface area contributed by atoms with E-state index in [1.54, 1.807) is 24.6 Å². The Morgan fingerprint density at radius 3 is 2.52 bits per heavy atom. The van der Waals surface area contributed by atoms with Crippen molar-refractivity contribution in [3.05, 3.63) is 94.9 Å². The lowest BCUT2D eigenvalue weighted by Crippen LogP contribution is -2.35. The van der Waals surface area contributed by atoms with Crippen LogP contribution in [0, 0.1) is 27.3 Å². The number of pyridine rings is 1. The SMILES string of the molecule is [2H]c1c([2H])c(-c2c(C)ccc3c2oc2c(-c4ccccc4)cc([N+]#[C-])cc23)[n+](C)c(C)c1C([2H])([2H])[2H]. The van der Waals surface area contributed by atoms with Crippen LogP contribution >= 0.6 is 0 Å². The largest absolute Gasteiger partial charge is 0.455 e. The Morgan fingerprint density at radius 2 is 1.77 bits per heavy atom. The normalized spacial score (nSPS) is 13.9. The predicted octanol–water partition coefficient (Wildman–Crippen LogP) is 7.22. The van der Waals surface area contributed by atoms with Crippen LogP contribution in [0.4, 0.5) is 5.69 Å². The summed E-state index contributed by atoms with van der Waals surface area (Å²) in [4.78, 5) is 3.67. The second-order valence-corrected chi connectivity index (χ2v) is 7.70. The number of aryl methyl sites for hydroxylation is 1. The molecule has 0 aliphatic heterocycles. The van der Waals surface area contributed by atoms with Crippen LogP contribution in [-0.4, -0.2) is 0 Å².